The van der Waals surface area contributed by atoms with E-state index in [1.807, 2.05) is 18.2 Å². The van der Waals surface area contributed by atoms with Crippen LogP contribution >= 0.6 is 0 Å². The molecule has 0 radical (unpaired) electrons. The Bertz CT molecular complexity index is 469. The molecule has 0 spiro atoms. The zero-order valence-electron chi connectivity index (χ0n) is 22.1. The molecule has 0 unspecified atom stereocenters. The average molecular weight is 467 g/mol. The molecule has 1 aromatic rings. The van der Waals surface area contributed by atoms with Crippen molar-refractivity contribution >= 4 is 8.80 Å². The second kappa shape index (κ2) is 23.5. The molecule has 0 aliphatic heterocycles. The minimum Gasteiger partial charge on any atom is -0.377 e. The third-order valence-corrected chi connectivity index (χ3v) is 9.04. The van der Waals surface area contributed by atoms with Gasteiger partial charge in [-0.1, -0.05) is 139 Å². The van der Waals surface area contributed by atoms with Gasteiger partial charge in [-0.15, -0.1) is 0 Å². The van der Waals surface area contributed by atoms with Gasteiger partial charge >= 0.3 is 8.80 Å². The molecule has 1 aromatic carbocycles. The van der Waals surface area contributed by atoms with Crippen LogP contribution in [0.3, 0.4) is 0 Å². The summed E-state index contributed by atoms with van der Waals surface area (Å²) in [6.45, 7) is 4.37. The fourth-order valence-corrected chi connectivity index (χ4v) is 5.78. The maximum atomic E-state index is 5.45. The fourth-order valence-electron chi connectivity index (χ4n) is 3.98. The Morgan fingerprint density at radius 1 is 0.531 bits per heavy atom. The van der Waals surface area contributed by atoms with Crippen LogP contribution in [0.2, 0.25) is 6.04 Å². The standard InChI is InChI=1S/C21H46O3Si.C7H8/c1-5-6-7-8-9-10-11-12-13-14-15-16-17-18-19-20-21-25(22-2,23-3)24-4;1-7-5-3-2-4-6-7/h5-21H2,1-4H3;2-6H,1H3. The smallest absolute Gasteiger partial charge is 0.377 e. The summed E-state index contributed by atoms with van der Waals surface area (Å²) >= 11 is 0. The van der Waals surface area contributed by atoms with E-state index >= 15 is 0 Å². The van der Waals surface area contributed by atoms with Crippen molar-refractivity contribution in [3.63, 3.8) is 0 Å². The Labute approximate surface area is 202 Å². The third-order valence-electron chi connectivity index (χ3n) is 6.21. The average Bonchev–Trinajstić information content (AvgIpc) is 2.82. The highest BCUT2D eigenvalue weighted by molar-refractivity contribution is 6.60. The monoisotopic (exact) mass is 466 g/mol. The zero-order chi connectivity index (χ0) is 23.8. The van der Waals surface area contributed by atoms with Gasteiger partial charge in [0.25, 0.3) is 0 Å². The van der Waals surface area contributed by atoms with Crippen LogP contribution in [0, 0.1) is 6.92 Å². The van der Waals surface area contributed by atoms with Crippen LogP contribution in [0.5, 0.6) is 0 Å². The van der Waals surface area contributed by atoms with E-state index in [1.165, 1.54) is 102 Å². The number of hydrogen-bond acceptors (Lipinski definition) is 3. The van der Waals surface area contributed by atoms with Crippen LogP contribution in [0.1, 0.15) is 115 Å². The predicted octanol–water partition coefficient (Wildman–Crippen LogP) is 9.12. The van der Waals surface area contributed by atoms with Crippen molar-refractivity contribution in [3.05, 3.63) is 35.9 Å². The molecule has 4 heteroatoms. The van der Waals surface area contributed by atoms with Gasteiger partial charge in [-0.05, 0) is 13.3 Å². The maximum absolute atomic E-state index is 5.45. The van der Waals surface area contributed by atoms with Gasteiger partial charge in [-0.25, -0.2) is 0 Å². The number of hydrogen-bond donors (Lipinski definition) is 0. The van der Waals surface area contributed by atoms with Crippen molar-refractivity contribution in [1.82, 2.24) is 0 Å². The van der Waals surface area contributed by atoms with E-state index < -0.39 is 8.80 Å². The topological polar surface area (TPSA) is 27.7 Å². The largest absolute Gasteiger partial charge is 0.500 e. The summed E-state index contributed by atoms with van der Waals surface area (Å²) in [6, 6.07) is 11.2. The molecule has 0 atom stereocenters. The molecule has 0 fully saturated rings. The van der Waals surface area contributed by atoms with Gasteiger partial charge in [-0.2, -0.15) is 0 Å². The maximum Gasteiger partial charge on any atom is 0.500 e. The molecular formula is C28H54O3Si. The van der Waals surface area contributed by atoms with Gasteiger partial charge in [-0.3, -0.25) is 0 Å². The van der Waals surface area contributed by atoms with Crippen LogP contribution in [0.25, 0.3) is 0 Å². The van der Waals surface area contributed by atoms with Crippen molar-refractivity contribution in [1.29, 1.82) is 0 Å². The van der Waals surface area contributed by atoms with Crippen molar-refractivity contribution in [2.75, 3.05) is 21.3 Å². The molecule has 0 heterocycles. The van der Waals surface area contributed by atoms with Crippen LogP contribution in [-0.4, -0.2) is 30.1 Å². The Morgan fingerprint density at radius 2 is 0.875 bits per heavy atom. The molecular weight excluding hydrogens is 412 g/mol. The Hall–Kier alpha value is -0.683. The molecule has 0 saturated carbocycles. The molecule has 0 aromatic heterocycles. The second-order valence-electron chi connectivity index (χ2n) is 9.00. The quantitative estimate of drug-likeness (QED) is 0.142. The Morgan fingerprint density at radius 3 is 1.16 bits per heavy atom. The minimum atomic E-state index is -2.32. The second-order valence-corrected chi connectivity index (χ2v) is 12.1. The molecule has 1 rings (SSSR count). The molecule has 0 N–H and O–H groups in total. The molecule has 0 aliphatic carbocycles. The molecule has 32 heavy (non-hydrogen) atoms. The van der Waals surface area contributed by atoms with Crippen molar-refractivity contribution in [3.8, 4) is 0 Å². The normalized spacial score (nSPS) is 11.3. The van der Waals surface area contributed by atoms with Gasteiger partial charge in [0.15, 0.2) is 0 Å². The molecule has 0 amide bonds. The molecule has 188 valence electrons. The van der Waals surface area contributed by atoms with E-state index in [0.717, 1.165) is 12.5 Å². The number of unbranched alkanes of at least 4 members (excludes halogenated alkanes) is 15. The van der Waals surface area contributed by atoms with Gasteiger partial charge in [0.05, 0.1) is 0 Å². The molecule has 3 nitrogen and oxygen atoms in total. The van der Waals surface area contributed by atoms with E-state index in [9.17, 15) is 0 Å². The van der Waals surface area contributed by atoms with Crippen LogP contribution < -0.4 is 0 Å². The van der Waals surface area contributed by atoms with Crippen molar-refractivity contribution < 1.29 is 13.3 Å². The third kappa shape index (κ3) is 18.8. The Kier molecular flexibility index (Phi) is 23.0. The van der Waals surface area contributed by atoms with E-state index in [0.29, 0.717) is 0 Å². The summed E-state index contributed by atoms with van der Waals surface area (Å²) in [4.78, 5) is 0. The molecule has 0 saturated heterocycles. The fraction of sp³-hybridized carbons (Fsp3) is 0.786. The van der Waals surface area contributed by atoms with E-state index in [1.54, 1.807) is 21.3 Å². The SMILES string of the molecule is CCCCCCCCCCCCCCCCCC[Si](OC)(OC)OC.Cc1ccccc1. The van der Waals surface area contributed by atoms with E-state index in [4.69, 9.17) is 13.3 Å². The van der Waals surface area contributed by atoms with Crippen LogP contribution in [0.15, 0.2) is 30.3 Å². The zero-order valence-corrected chi connectivity index (χ0v) is 23.1. The first-order chi connectivity index (χ1) is 15.6. The van der Waals surface area contributed by atoms with Gasteiger partial charge in [0, 0.05) is 27.4 Å². The first kappa shape index (κ1) is 31.3. The van der Waals surface area contributed by atoms with Crippen LogP contribution in [0.4, 0.5) is 0 Å². The highest BCUT2D eigenvalue weighted by Crippen LogP contribution is 2.19. The lowest BCUT2D eigenvalue weighted by Gasteiger charge is -2.24. The van der Waals surface area contributed by atoms with Crippen molar-refractivity contribution in [2.45, 2.75) is 123 Å². The molecule has 0 bridgehead atoms. The lowest BCUT2D eigenvalue weighted by atomic mass is 10.0. The first-order valence-electron chi connectivity index (χ1n) is 13.3. The highest BCUT2D eigenvalue weighted by Gasteiger charge is 2.36. The van der Waals surface area contributed by atoms with Crippen LogP contribution in [-0.2, 0) is 13.3 Å². The summed E-state index contributed by atoms with van der Waals surface area (Å²) < 4.78 is 16.4. The molecule has 0 aliphatic rings. The van der Waals surface area contributed by atoms with E-state index in [2.05, 4.69) is 26.0 Å². The summed E-state index contributed by atoms with van der Waals surface area (Å²) in [5.74, 6) is 0. The summed E-state index contributed by atoms with van der Waals surface area (Å²) in [7, 11) is 2.78. The lowest BCUT2D eigenvalue weighted by Crippen LogP contribution is -2.42. The Balaban J connectivity index is 0.00000115. The summed E-state index contributed by atoms with van der Waals surface area (Å²) in [5, 5.41) is 0. The first-order valence-corrected chi connectivity index (χ1v) is 15.2. The predicted molar refractivity (Wildman–Crippen MR) is 142 cm³/mol. The van der Waals surface area contributed by atoms with Gasteiger partial charge in [0.1, 0.15) is 0 Å². The van der Waals surface area contributed by atoms with Gasteiger partial charge in [0.2, 0.25) is 0 Å². The number of rotatable bonds is 20. The van der Waals surface area contributed by atoms with Gasteiger partial charge < -0.3 is 13.3 Å². The summed E-state index contributed by atoms with van der Waals surface area (Å²) in [6.07, 6.45) is 22.3. The lowest BCUT2D eigenvalue weighted by molar-refractivity contribution is 0.122. The van der Waals surface area contributed by atoms with E-state index in [-0.39, 0.29) is 0 Å². The number of benzene rings is 1. The van der Waals surface area contributed by atoms with Crippen molar-refractivity contribution in [2.24, 2.45) is 0 Å². The minimum absolute atomic E-state index is 0.939. The highest BCUT2D eigenvalue weighted by atomic mass is 28.4. The number of aryl methyl sites for hydroxylation is 1. The summed E-state index contributed by atoms with van der Waals surface area (Å²) in [5.41, 5.74) is 1.32.